The number of carbonyl (C=O) groups is 1. The van der Waals surface area contributed by atoms with Gasteiger partial charge >= 0.3 is 0 Å². The predicted octanol–water partition coefficient (Wildman–Crippen LogP) is 3.62. The van der Waals surface area contributed by atoms with Gasteiger partial charge in [-0.25, -0.2) is 9.97 Å². The third-order valence-electron chi connectivity index (χ3n) is 4.68. The molecule has 1 aromatic heterocycles. The summed E-state index contributed by atoms with van der Waals surface area (Å²) in [5.41, 5.74) is 11.2. The van der Waals surface area contributed by atoms with Gasteiger partial charge in [-0.15, -0.1) is 0 Å². The molecule has 138 valence electrons. The molecule has 0 saturated carbocycles. The Labute approximate surface area is 163 Å². The highest BCUT2D eigenvalue weighted by atomic mass is 16.1. The van der Waals surface area contributed by atoms with Crippen molar-refractivity contribution < 1.29 is 4.79 Å². The third-order valence-corrected chi connectivity index (χ3v) is 4.68. The first-order valence-electron chi connectivity index (χ1n) is 9.11. The molecule has 2 aromatic carbocycles. The number of benzene rings is 2. The SMILES string of the molecule is Nc1nccc(C2=CC(C(=O)NCc3ccccc3)=C(c3ccccc3)C2)n1. The molecular weight excluding hydrogens is 348 g/mol. The van der Waals surface area contributed by atoms with Gasteiger partial charge in [0, 0.05) is 24.7 Å². The number of allylic oxidation sites excluding steroid dienone is 2. The first-order chi connectivity index (χ1) is 13.7. The molecule has 5 nitrogen and oxygen atoms in total. The van der Waals surface area contributed by atoms with E-state index in [1.165, 1.54) is 0 Å². The molecule has 3 N–H and O–H groups in total. The highest BCUT2D eigenvalue weighted by Crippen LogP contribution is 2.37. The minimum atomic E-state index is -0.0975. The van der Waals surface area contributed by atoms with Crippen LogP contribution < -0.4 is 11.1 Å². The van der Waals surface area contributed by atoms with Crippen molar-refractivity contribution in [2.24, 2.45) is 0 Å². The van der Waals surface area contributed by atoms with Crippen LogP contribution in [0.2, 0.25) is 0 Å². The summed E-state index contributed by atoms with van der Waals surface area (Å²) < 4.78 is 0. The summed E-state index contributed by atoms with van der Waals surface area (Å²) in [6, 6.07) is 21.6. The first kappa shape index (κ1) is 17.7. The summed E-state index contributed by atoms with van der Waals surface area (Å²) >= 11 is 0. The Bertz CT molecular complexity index is 1060. The Morgan fingerprint density at radius 2 is 1.71 bits per heavy atom. The zero-order valence-electron chi connectivity index (χ0n) is 15.3. The average Bonchev–Trinajstić information content (AvgIpc) is 3.19. The number of amides is 1. The molecule has 1 aliphatic rings. The van der Waals surface area contributed by atoms with Gasteiger partial charge in [-0.2, -0.15) is 0 Å². The molecule has 0 radical (unpaired) electrons. The third kappa shape index (κ3) is 3.83. The summed E-state index contributed by atoms with van der Waals surface area (Å²) in [6.07, 6.45) is 4.16. The van der Waals surface area contributed by atoms with Gasteiger partial charge in [0.1, 0.15) is 0 Å². The van der Waals surface area contributed by atoms with E-state index in [4.69, 9.17) is 5.73 Å². The smallest absolute Gasteiger partial charge is 0.251 e. The Kier molecular flexibility index (Phi) is 4.97. The molecule has 28 heavy (non-hydrogen) atoms. The van der Waals surface area contributed by atoms with Crippen LogP contribution in [0.15, 0.2) is 84.6 Å². The van der Waals surface area contributed by atoms with E-state index in [-0.39, 0.29) is 11.9 Å². The zero-order valence-corrected chi connectivity index (χ0v) is 15.3. The molecule has 0 fully saturated rings. The maximum Gasteiger partial charge on any atom is 0.251 e. The molecule has 1 amide bonds. The van der Waals surface area contributed by atoms with E-state index >= 15 is 0 Å². The van der Waals surface area contributed by atoms with E-state index in [1.54, 1.807) is 6.20 Å². The maximum absolute atomic E-state index is 13.0. The van der Waals surface area contributed by atoms with Crippen molar-refractivity contribution in [1.29, 1.82) is 0 Å². The van der Waals surface area contributed by atoms with Crippen LogP contribution in [0.4, 0.5) is 5.95 Å². The second-order valence-electron chi connectivity index (χ2n) is 6.57. The fourth-order valence-electron chi connectivity index (χ4n) is 3.29. The summed E-state index contributed by atoms with van der Waals surface area (Å²) in [7, 11) is 0. The van der Waals surface area contributed by atoms with Crippen molar-refractivity contribution in [2.45, 2.75) is 13.0 Å². The maximum atomic E-state index is 13.0. The summed E-state index contributed by atoms with van der Waals surface area (Å²) in [6.45, 7) is 0.481. The van der Waals surface area contributed by atoms with E-state index in [2.05, 4.69) is 15.3 Å². The quantitative estimate of drug-likeness (QED) is 0.721. The Balaban J connectivity index is 1.63. The molecule has 0 spiro atoms. The fraction of sp³-hybridized carbons (Fsp3) is 0.0870. The minimum Gasteiger partial charge on any atom is -0.368 e. The van der Waals surface area contributed by atoms with E-state index in [0.29, 0.717) is 18.5 Å². The molecule has 3 aromatic rings. The van der Waals surface area contributed by atoms with Crippen LogP contribution >= 0.6 is 0 Å². The normalized spacial score (nSPS) is 13.4. The molecule has 1 heterocycles. The molecule has 0 atom stereocenters. The van der Waals surface area contributed by atoms with Crippen LogP contribution in [0.1, 0.15) is 23.2 Å². The molecule has 0 aliphatic heterocycles. The molecule has 0 unspecified atom stereocenters. The number of carbonyl (C=O) groups excluding carboxylic acids is 1. The lowest BCUT2D eigenvalue weighted by Gasteiger charge is -2.09. The number of hydrogen-bond acceptors (Lipinski definition) is 4. The molecule has 0 saturated heterocycles. The lowest BCUT2D eigenvalue weighted by Crippen LogP contribution is -2.24. The Morgan fingerprint density at radius 3 is 2.43 bits per heavy atom. The molecule has 1 aliphatic carbocycles. The number of nitrogens with one attached hydrogen (secondary N) is 1. The van der Waals surface area contributed by atoms with Crippen molar-refractivity contribution in [1.82, 2.24) is 15.3 Å². The van der Waals surface area contributed by atoms with Crippen LogP contribution in [0.5, 0.6) is 0 Å². The number of rotatable bonds is 5. The zero-order chi connectivity index (χ0) is 19.3. The molecule has 5 heteroatoms. The molecular formula is C23H20N4O. The Hall–Kier alpha value is -3.73. The van der Waals surface area contributed by atoms with Crippen LogP contribution in [-0.4, -0.2) is 15.9 Å². The highest BCUT2D eigenvalue weighted by molar-refractivity contribution is 6.09. The van der Waals surface area contributed by atoms with Gasteiger partial charge in [0.05, 0.1) is 5.69 Å². The monoisotopic (exact) mass is 368 g/mol. The lowest BCUT2D eigenvalue weighted by molar-refractivity contribution is -0.117. The van der Waals surface area contributed by atoms with Gasteiger partial charge in [-0.05, 0) is 34.4 Å². The summed E-state index contributed by atoms with van der Waals surface area (Å²) in [5.74, 6) is 0.126. The predicted molar refractivity (Wildman–Crippen MR) is 111 cm³/mol. The largest absolute Gasteiger partial charge is 0.368 e. The van der Waals surface area contributed by atoms with Crippen LogP contribution in [-0.2, 0) is 11.3 Å². The van der Waals surface area contributed by atoms with Gasteiger partial charge < -0.3 is 11.1 Å². The molecule has 4 rings (SSSR count). The van der Waals surface area contributed by atoms with Crippen molar-refractivity contribution in [3.63, 3.8) is 0 Å². The van der Waals surface area contributed by atoms with E-state index in [9.17, 15) is 4.79 Å². The van der Waals surface area contributed by atoms with Gasteiger partial charge in [-0.1, -0.05) is 60.7 Å². The number of nitrogens with two attached hydrogens (primary N) is 1. The van der Waals surface area contributed by atoms with Gasteiger partial charge in [0.25, 0.3) is 5.91 Å². The minimum absolute atomic E-state index is 0.0975. The highest BCUT2D eigenvalue weighted by Gasteiger charge is 2.24. The van der Waals surface area contributed by atoms with Crippen LogP contribution in [0, 0.1) is 0 Å². The topological polar surface area (TPSA) is 80.9 Å². The average molecular weight is 368 g/mol. The number of nitrogen functional groups attached to an aromatic ring is 1. The fourth-order valence-corrected chi connectivity index (χ4v) is 3.29. The lowest BCUT2D eigenvalue weighted by atomic mass is 9.99. The number of hydrogen-bond donors (Lipinski definition) is 2. The van der Waals surface area contributed by atoms with Crippen molar-refractivity contribution in [2.75, 3.05) is 5.73 Å². The van der Waals surface area contributed by atoms with Gasteiger partial charge in [0.15, 0.2) is 0 Å². The summed E-state index contributed by atoms with van der Waals surface area (Å²) in [5, 5.41) is 3.03. The van der Waals surface area contributed by atoms with Crippen molar-refractivity contribution in [3.05, 3.63) is 101 Å². The second-order valence-corrected chi connectivity index (χ2v) is 6.57. The van der Waals surface area contributed by atoms with Crippen molar-refractivity contribution >= 4 is 23.0 Å². The first-order valence-corrected chi connectivity index (χ1v) is 9.11. The Morgan fingerprint density at radius 1 is 1.00 bits per heavy atom. The standard InChI is InChI=1S/C23H20N4O/c24-23-25-12-11-21(27-23)18-13-19(17-9-5-2-6-10-17)20(14-18)22(28)26-15-16-7-3-1-4-8-16/h1-12,14H,13,15H2,(H,26,28)(H2,24,25,27). The van der Waals surface area contributed by atoms with E-state index in [0.717, 1.165) is 28.0 Å². The molecule has 0 bridgehead atoms. The van der Waals surface area contributed by atoms with E-state index in [1.807, 2.05) is 72.8 Å². The number of aromatic nitrogens is 2. The van der Waals surface area contributed by atoms with Gasteiger partial charge in [0.2, 0.25) is 5.95 Å². The second kappa shape index (κ2) is 7.88. The van der Waals surface area contributed by atoms with Crippen LogP contribution in [0.25, 0.3) is 11.1 Å². The summed E-state index contributed by atoms with van der Waals surface area (Å²) in [4.78, 5) is 21.2. The van der Waals surface area contributed by atoms with Crippen LogP contribution in [0.3, 0.4) is 0 Å². The van der Waals surface area contributed by atoms with Gasteiger partial charge in [-0.3, -0.25) is 4.79 Å². The number of nitrogens with zero attached hydrogens (tertiary/aromatic N) is 2. The van der Waals surface area contributed by atoms with E-state index < -0.39 is 0 Å². The number of anilines is 1. The van der Waals surface area contributed by atoms with Crippen molar-refractivity contribution in [3.8, 4) is 0 Å².